The number of likely N-dealkylation sites (N-methyl/N-ethyl adjacent to an activating group) is 1. The average Bonchev–Trinajstić information content (AvgIpc) is 2.42. The van der Waals surface area contributed by atoms with Gasteiger partial charge in [-0.3, -0.25) is 10.2 Å². The third kappa shape index (κ3) is 6.90. The molecule has 1 unspecified atom stereocenters. The van der Waals surface area contributed by atoms with E-state index >= 15 is 0 Å². The van der Waals surface area contributed by atoms with Crippen LogP contribution in [0.5, 0.6) is 0 Å². The summed E-state index contributed by atoms with van der Waals surface area (Å²) in [5.41, 5.74) is 5.13. The zero-order valence-corrected chi connectivity index (χ0v) is 11.7. The van der Waals surface area contributed by atoms with Gasteiger partial charge in [-0.1, -0.05) is 0 Å². The maximum Gasteiger partial charge on any atom is 0.328 e. The zero-order chi connectivity index (χ0) is 15.5. The van der Waals surface area contributed by atoms with Crippen molar-refractivity contribution in [3.05, 3.63) is 0 Å². The number of hydrogen-bond donors (Lipinski definition) is 6. The SMILES string of the molecule is CN[C@@H](CO)C(=O)NC(CCCNC(=N)N)C(=O)OC. The topological polar surface area (TPSA) is 150 Å². The van der Waals surface area contributed by atoms with Crippen LogP contribution in [-0.2, 0) is 14.3 Å². The Bertz CT molecular complexity index is 333. The maximum absolute atomic E-state index is 11.8. The van der Waals surface area contributed by atoms with E-state index < -0.39 is 24.0 Å². The Morgan fingerprint density at radius 1 is 1.40 bits per heavy atom. The summed E-state index contributed by atoms with van der Waals surface area (Å²) in [5, 5.41) is 23.7. The number of guanidine groups is 1. The van der Waals surface area contributed by atoms with Crippen molar-refractivity contribution in [3.63, 3.8) is 0 Å². The molecule has 20 heavy (non-hydrogen) atoms. The minimum Gasteiger partial charge on any atom is -0.467 e. The number of carbonyl (C=O) groups is 2. The molecule has 1 amide bonds. The molecule has 7 N–H and O–H groups in total. The van der Waals surface area contributed by atoms with E-state index in [-0.39, 0.29) is 12.6 Å². The molecule has 0 rings (SSSR count). The van der Waals surface area contributed by atoms with Crippen LogP contribution in [0, 0.1) is 5.41 Å². The van der Waals surface area contributed by atoms with Crippen molar-refractivity contribution in [1.29, 1.82) is 5.41 Å². The first kappa shape index (κ1) is 18.1. The second-order valence-corrected chi connectivity index (χ2v) is 4.09. The average molecular weight is 289 g/mol. The smallest absolute Gasteiger partial charge is 0.328 e. The van der Waals surface area contributed by atoms with Crippen LogP contribution >= 0.6 is 0 Å². The predicted octanol–water partition coefficient (Wildman–Crippen LogP) is -2.51. The number of nitrogens with two attached hydrogens (primary N) is 1. The Hall–Kier alpha value is -1.87. The fourth-order valence-corrected chi connectivity index (χ4v) is 1.50. The summed E-state index contributed by atoms with van der Waals surface area (Å²) in [5.74, 6) is -1.20. The normalized spacial score (nSPS) is 13.2. The first-order chi connectivity index (χ1) is 9.46. The van der Waals surface area contributed by atoms with E-state index in [1.165, 1.54) is 14.2 Å². The van der Waals surface area contributed by atoms with E-state index in [1.54, 1.807) is 0 Å². The predicted molar refractivity (Wildman–Crippen MR) is 73.0 cm³/mol. The third-order valence-corrected chi connectivity index (χ3v) is 2.63. The van der Waals surface area contributed by atoms with Crippen molar-refractivity contribution < 1.29 is 19.4 Å². The molecule has 0 aliphatic carbocycles. The van der Waals surface area contributed by atoms with Gasteiger partial charge in [0.25, 0.3) is 0 Å². The van der Waals surface area contributed by atoms with Crippen molar-refractivity contribution in [3.8, 4) is 0 Å². The van der Waals surface area contributed by atoms with E-state index in [2.05, 4.69) is 20.7 Å². The molecule has 0 fully saturated rings. The first-order valence-corrected chi connectivity index (χ1v) is 6.20. The molecule has 0 aromatic rings. The minimum atomic E-state index is -0.802. The monoisotopic (exact) mass is 289 g/mol. The number of amides is 1. The van der Waals surface area contributed by atoms with Crippen LogP contribution in [0.4, 0.5) is 0 Å². The molecule has 0 aliphatic heterocycles. The summed E-state index contributed by atoms with van der Waals surface area (Å²) in [7, 11) is 2.77. The lowest BCUT2D eigenvalue weighted by Crippen LogP contribution is -2.51. The van der Waals surface area contributed by atoms with Gasteiger partial charge < -0.3 is 31.5 Å². The largest absolute Gasteiger partial charge is 0.467 e. The van der Waals surface area contributed by atoms with Gasteiger partial charge >= 0.3 is 5.97 Å². The zero-order valence-electron chi connectivity index (χ0n) is 11.7. The van der Waals surface area contributed by atoms with E-state index in [4.69, 9.17) is 16.2 Å². The molecule has 116 valence electrons. The fourth-order valence-electron chi connectivity index (χ4n) is 1.50. The molecule has 0 radical (unpaired) electrons. The standard InChI is InChI=1S/C11H23N5O4/c1-14-8(6-17)9(18)16-7(10(19)20-2)4-3-5-15-11(12)13/h7-8,14,17H,3-6H2,1-2H3,(H,16,18)(H4,12,13,15)/t7?,8-/m0/s1. The number of nitrogens with one attached hydrogen (secondary N) is 4. The quantitative estimate of drug-likeness (QED) is 0.119. The number of carbonyl (C=O) groups excluding carboxylic acids is 2. The summed E-state index contributed by atoms with van der Waals surface area (Å²) < 4.78 is 4.61. The number of esters is 1. The van der Waals surface area contributed by atoms with Gasteiger partial charge in [0.05, 0.1) is 13.7 Å². The molecule has 0 aromatic carbocycles. The first-order valence-electron chi connectivity index (χ1n) is 6.20. The van der Waals surface area contributed by atoms with Crippen molar-refractivity contribution in [2.75, 3.05) is 27.3 Å². The number of aliphatic hydroxyl groups excluding tert-OH is 1. The Kier molecular flexibility index (Phi) is 9.05. The molecule has 2 atom stereocenters. The van der Waals surface area contributed by atoms with Gasteiger partial charge in [-0.05, 0) is 19.9 Å². The van der Waals surface area contributed by atoms with Gasteiger partial charge in [0.1, 0.15) is 12.1 Å². The van der Waals surface area contributed by atoms with Crippen LogP contribution in [0.15, 0.2) is 0 Å². The van der Waals surface area contributed by atoms with Gasteiger partial charge in [-0.15, -0.1) is 0 Å². The molecule has 0 aromatic heterocycles. The Morgan fingerprint density at radius 3 is 2.50 bits per heavy atom. The lowest BCUT2D eigenvalue weighted by molar-refractivity contribution is -0.145. The van der Waals surface area contributed by atoms with Crippen LogP contribution in [-0.4, -0.2) is 62.3 Å². The molecule has 0 saturated heterocycles. The molecule has 0 heterocycles. The van der Waals surface area contributed by atoms with Gasteiger partial charge in [0.2, 0.25) is 5.91 Å². The molecule has 9 nitrogen and oxygen atoms in total. The van der Waals surface area contributed by atoms with Crippen molar-refractivity contribution in [2.45, 2.75) is 24.9 Å². The summed E-state index contributed by atoms with van der Waals surface area (Å²) in [6.07, 6.45) is 0.851. The van der Waals surface area contributed by atoms with E-state index in [9.17, 15) is 9.59 Å². The highest BCUT2D eigenvalue weighted by molar-refractivity contribution is 5.87. The number of rotatable bonds is 9. The number of ether oxygens (including phenoxy) is 1. The molecular formula is C11H23N5O4. The van der Waals surface area contributed by atoms with Gasteiger partial charge in [0, 0.05) is 6.54 Å². The van der Waals surface area contributed by atoms with E-state index in [1.807, 2.05) is 0 Å². The lowest BCUT2D eigenvalue weighted by atomic mass is 10.1. The van der Waals surface area contributed by atoms with Gasteiger partial charge in [0.15, 0.2) is 5.96 Å². The highest BCUT2D eigenvalue weighted by Gasteiger charge is 2.24. The Labute approximate surface area is 117 Å². The summed E-state index contributed by atoms with van der Waals surface area (Å²) >= 11 is 0. The van der Waals surface area contributed by atoms with Gasteiger partial charge in [-0.25, -0.2) is 4.79 Å². The van der Waals surface area contributed by atoms with Crippen molar-refractivity contribution in [2.24, 2.45) is 5.73 Å². The van der Waals surface area contributed by atoms with Crippen molar-refractivity contribution >= 4 is 17.8 Å². The van der Waals surface area contributed by atoms with Crippen LogP contribution in [0.2, 0.25) is 0 Å². The summed E-state index contributed by atoms with van der Waals surface area (Å²) in [6, 6.07) is -1.58. The van der Waals surface area contributed by atoms with Gasteiger partial charge in [-0.2, -0.15) is 0 Å². The Balaban J connectivity index is 4.38. The number of aliphatic hydroxyl groups is 1. The minimum absolute atomic E-state index is 0.154. The van der Waals surface area contributed by atoms with E-state index in [0.29, 0.717) is 19.4 Å². The molecule has 9 heteroatoms. The molecule has 0 bridgehead atoms. The number of methoxy groups -OCH3 is 1. The maximum atomic E-state index is 11.8. The lowest BCUT2D eigenvalue weighted by Gasteiger charge is -2.20. The number of hydrogen-bond acceptors (Lipinski definition) is 6. The second kappa shape index (κ2) is 9.98. The fraction of sp³-hybridized carbons (Fsp3) is 0.727. The Morgan fingerprint density at radius 2 is 2.05 bits per heavy atom. The van der Waals surface area contributed by atoms with Crippen LogP contribution in [0.1, 0.15) is 12.8 Å². The molecule has 0 aliphatic rings. The second-order valence-electron chi connectivity index (χ2n) is 4.09. The molecule has 0 spiro atoms. The molecule has 0 saturated carbocycles. The summed E-state index contributed by atoms with van der Waals surface area (Å²) in [4.78, 5) is 23.3. The highest BCUT2D eigenvalue weighted by Crippen LogP contribution is 2.00. The summed E-state index contributed by atoms with van der Waals surface area (Å²) in [6.45, 7) is 0.0380. The van der Waals surface area contributed by atoms with Crippen LogP contribution < -0.4 is 21.7 Å². The van der Waals surface area contributed by atoms with Crippen molar-refractivity contribution in [1.82, 2.24) is 16.0 Å². The third-order valence-electron chi connectivity index (χ3n) is 2.63. The van der Waals surface area contributed by atoms with E-state index in [0.717, 1.165) is 0 Å². The van der Waals surface area contributed by atoms with Crippen LogP contribution in [0.25, 0.3) is 0 Å². The van der Waals surface area contributed by atoms with Crippen LogP contribution in [0.3, 0.4) is 0 Å². The highest BCUT2D eigenvalue weighted by atomic mass is 16.5. The molecular weight excluding hydrogens is 266 g/mol.